The van der Waals surface area contributed by atoms with Gasteiger partial charge in [-0.2, -0.15) is 0 Å². The predicted molar refractivity (Wildman–Crippen MR) is 56.7 cm³/mol. The number of carbonyl (C=O) groups excluding carboxylic acids is 2. The molecule has 0 radical (unpaired) electrons. The lowest BCUT2D eigenvalue weighted by molar-refractivity contribution is -0.128. The number of alkyl halides is 1. The Balaban J connectivity index is 2.68. The van der Waals surface area contributed by atoms with Crippen LogP contribution in [0.2, 0.25) is 0 Å². The molecule has 0 N–H and O–H groups in total. The van der Waals surface area contributed by atoms with Crippen LogP contribution < -0.4 is 0 Å². The molecule has 4 nitrogen and oxygen atoms in total. The van der Waals surface area contributed by atoms with Gasteiger partial charge < -0.3 is 4.74 Å². The van der Waals surface area contributed by atoms with E-state index in [1.54, 1.807) is 20.8 Å². The monoisotopic (exact) mass is 231 g/mol. The molecule has 1 heterocycles. The van der Waals surface area contributed by atoms with E-state index in [2.05, 4.69) is 0 Å². The van der Waals surface area contributed by atoms with Crippen molar-refractivity contribution < 1.29 is 18.7 Å². The zero-order valence-electron chi connectivity index (χ0n) is 9.96. The second-order valence-electron chi connectivity index (χ2n) is 4.91. The van der Waals surface area contributed by atoms with Gasteiger partial charge in [-0.3, -0.25) is 9.18 Å². The van der Waals surface area contributed by atoms with Crippen molar-refractivity contribution in [2.45, 2.75) is 51.7 Å². The first kappa shape index (κ1) is 12.9. The summed E-state index contributed by atoms with van der Waals surface area (Å²) in [6.45, 7) is 4.66. The van der Waals surface area contributed by atoms with Crippen molar-refractivity contribution in [3.8, 4) is 0 Å². The molecule has 0 aromatic heterocycles. The summed E-state index contributed by atoms with van der Waals surface area (Å²) < 4.78 is 17.4. The van der Waals surface area contributed by atoms with Gasteiger partial charge in [0.05, 0.1) is 6.67 Å². The van der Waals surface area contributed by atoms with Gasteiger partial charge in [-0.25, -0.2) is 9.69 Å². The molecule has 0 spiro atoms. The van der Waals surface area contributed by atoms with Gasteiger partial charge in [0.15, 0.2) is 0 Å². The lowest BCUT2D eigenvalue weighted by atomic mass is 10.1. The van der Waals surface area contributed by atoms with Crippen LogP contribution in [0, 0.1) is 0 Å². The SMILES string of the molecule is CC(C)(C)OC(=O)N1C(=O)CC[C@H]1CCF. The molecule has 0 aliphatic carbocycles. The highest BCUT2D eigenvalue weighted by Gasteiger charge is 2.37. The number of amides is 2. The number of ether oxygens (including phenoxy) is 1. The van der Waals surface area contributed by atoms with Crippen LogP contribution in [-0.2, 0) is 9.53 Å². The Labute approximate surface area is 94.7 Å². The van der Waals surface area contributed by atoms with Crippen LogP contribution in [-0.4, -0.2) is 35.2 Å². The first-order valence-electron chi connectivity index (χ1n) is 5.46. The van der Waals surface area contributed by atoms with Gasteiger partial charge in [0.1, 0.15) is 5.60 Å². The molecule has 1 fully saturated rings. The van der Waals surface area contributed by atoms with Gasteiger partial charge in [0.25, 0.3) is 0 Å². The average Bonchev–Trinajstić information content (AvgIpc) is 2.44. The maximum atomic E-state index is 12.3. The second-order valence-corrected chi connectivity index (χ2v) is 4.91. The number of carbonyl (C=O) groups is 2. The maximum Gasteiger partial charge on any atom is 0.417 e. The molecule has 0 aromatic carbocycles. The van der Waals surface area contributed by atoms with E-state index in [9.17, 15) is 14.0 Å². The van der Waals surface area contributed by atoms with Crippen LogP contribution in [0.15, 0.2) is 0 Å². The summed E-state index contributed by atoms with van der Waals surface area (Å²) in [5, 5.41) is 0. The molecule has 92 valence electrons. The Hall–Kier alpha value is -1.13. The zero-order chi connectivity index (χ0) is 12.3. The number of rotatable bonds is 2. The average molecular weight is 231 g/mol. The van der Waals surface area contributed by atoms with Crippen LogP contribution in [0.5, 0.6) is 0 Å². The molecule has 1 saturated heterocycles. The summed E-state index contributed by atoms with van der Waals surface area (Å²) in [5.74, 6) is -0.271. The van der Waals surface area contributed by atoms with E-state index in [1.807, 2.05) is 0 Å². The van der Waals surface area contributed by atoms with Crippen LogP contribution >= 0.6 is 0 Å². The smallest absolute Gasteiger partial charge is 0.417 e. The molecule has 1 rings (SSSR count). The fourth-order valence-corrected chi connectivity index (χ4v) is 1.70. The molecule has 0 saturated carbocycles. The van der Waals surface area contributed by atoms with Crippen LogP contribution in [0.4, 0.5) is 9.18 Å². The minimum Gasteiger partial charge on any atom is -0.443 e. The van der Waals surface area contributed by atoms with Crippen molar-refractivity contribution in [2.75, 3.05) is 6.67 Å². The lowest BCUT2D eigenvalue weighted by Crippen LogP contribution is -2.42. The quantitative estimate of drug-likeness (QED) is 0.732. The van der Waals surface area contributed by atoms with Crippen molar-refractivity contribution in [3.05, 3.63) is 0 Å². The molecule has 1 aliphatic heterocycles. The van der Waals surface area contributed by atoms with Gasteiger partial charge in [0.2, 0.25) is 5.91 Å². The second kappa shape index (κ2) is 4.80. The van der Waals surface area contributed by atoms with E-state index < -0.39 is 18.4 Å². The van der Waals surface area contributed by atoms with Gasteiger partial charge in [-0.1, -0.05) is 0 Å². The fraction of sp³-hybridized carbons (Fsp3) is 0.818. The third-order valence-corrected chi connectivity index (χ3v) is 2.36. The summed E-state index contributed by atoms with van der Waals surface area (Å²) in [7, 11) is 0. The Bertz CT molecular complexity index is 285. The van der Waals surface area contributed by atoms with E-state index >= 15 is 0 Å². The largest absolute Gasteiger partial charge is 0.443 e. The van der Waals surface area contributed by atoms with Crippen LogP contribution in [0.1, 0.15) is 40.0 Å². The van der Waals surface area contributed by atoms with Crippen molar-refractivity contribution in [1.82, 2.24) is 4.90 Å². The number of nitrogens with zero attached hydrogens (tertiary/aromatic N) is 1. The topological polar surface area (TPSA) is 46.6 Å². The fourth-order valence-electron chi connectivity index (χ4n) is 1.70. The molecule has 1 atom stereocenters. The summed E-state index contributed by atoms with van der Waals surface area (Å²) in [5.41, 5.74) is -0.639. The van der Waals surface area contributed by atoms with Gasteiger partial charge in [0, 0.05) is 12.5 Å². The Morgan fingerprint density at radius 3 is 2.69 bits per heavy atom. The summed E-state index contributed by atoms with van der Waals surface area (Å²) in [4.78, 5) is 24.3. The van der Waals surface area contributed by atoms with E-state index in [4.69, 9.17) is 4.74 Å². The Morgan fingerprint density at radius 1 is 1.56 bits per heavy atom. The van der Waals surface area contributed by atoms with Gasteiger partial charge >= 0.3 is 6.09 Å². The first-order chi connectivity index (χ1) is 7.35. The number of imide groups is 1. The molecular formula is C11H18FNO3. The number of halogens is 1. The standard InChI is InChI=1S/C11H18FNO3/c1-11(2,3)16-10(15)13-8(6-7-12)4-5-9(13)14/h8H,4-7H2,1-3H3/t8-/m0/s1. The van der Waals surface area contributed by atoms with Gasteiger partial charge in [-0.05, 0) is 33.6 Å². The summed E-state index contributed by atoms with van der Waals surface area (Å²) in [6.07, 6.45) is 0.366. The Kier molecular flexibility index (Phi) is 3.88. The molecule has 5 heteroatoms. The summed E-state index contributed by atoms with van der Waals surface area (Å²) in [6, 6.07) is -0.340. The Morgan fingerprint density at radius 2 is 2.19 bits per heavy atom. The summed E-state index contributed by atoms with van der Waals surface area (Å²) >= 11 is 0. The molecule has 0 aromatic rings. The first-order valence-corrected chi connectivity index (χ1v) is 5.46. The van der Waals surface area contributed by atoms with Crippen molar-refractivity contribution in [2.24, 2.45) is 0 Å². The minimum absolute atomic E-state index is 0.199. The highest BCUT2D eigenvalue weighted by Crippen LogP contribution is 2.24. The molecular weight excluding hydrogens is 213 g/mol. The zero-order valence-corrected chi connectivity index (χ0v) is 9.96. The van der Waals surface area contributed by atoms with E-state index in [-0.39, 0.29) is 18.4 Å². The molecule has 2 amide bonds. The molecule has 1 aliphatic rings. The maximum absolute atomic E-state index is 12.3. The number of hydrogen-bond acceptors (Lipinski definition) is 3. The molecule has 0 bridgehead atoms. The molecule has 0 unspecified atom stereocenters. The number of likely N-dealkylation sites (tertiary alicyclic amines) is 1. The van der Waals surface area contributed by atoms with E-state index in [1.165, 1.54) is 0 Å². The minimum atomic E-state index is -0.659. The predicted octanol–water partition coefficient (Wildman–Crippen LogP) is 2.27. The van der Waals surface area contributed by atoms with Crippen molar-refractivity contribution in [1.29, 1.82) is 0 Å². The van der Waals surface area contributed by atoms with Crippen molar-refractivity contribution in [3.63, 3.8) is 0 Å². The van der Waals surface area contributed by atoms with Crippen LogP contribution in [0.25, 0.3) is 0 Å². The lowest BCUT2D eigenvalue weighted by Gasteiger charge is -2.26. The van der Waals surface area contributed by atoms with E-state index in [0.29, 0.717) is 12.8 Å². The highest BCUT2D eigenvalue weighted by atomic mass is 19.1. The van der Waals surface area contributed by atoms with Crippen molar-refractivity contribution >= 4 is 12.0 Å². The van der Waals surface area contributed by atoms with E-state index in [0.717, 1.165) is 4.90 Å². The highest BCUT2D eigenvalue weighted by molar-refractivity contribution is 5.94. The van der Waals surface area contributed by atoms with Crippen LogP contribution in [0.3, 0.4) is 0 Å². The van der Waals surface area contributed by atoms with Gasteiger partial charge in [-0.15, -0.1) is 0 Å². The number of hydrogen-bond donors (Lipinski definition) is 0. The third-order valence-electron chi connectivity index (χ3n) is 2.36. The normalized spacial score (nSPS) is 21.4. The third kappa shape index (κ3) is 3.18. The molecule has 16 heavy (non-hydrogen) atoms.